The van der Waals surface area contributed by atoms with Crippen molar-refractivity contribution in [1.82, 2.24) is 16.0 Å². The zero-order valence-corrected chi connectivity index (χ0v) is 16.3. The fourth-order valence-electron chi connectivity index (χ4n) is 2.18. The van der Waals surface area contributed by atoms with Crippen molar-refractivity contribution in [2.75, 3.05) is 6.54 Å². The number of nitrogens with two attached hydrogens (primary N) is 2. The molecule has 0 fully saturated rings. The average Bonchev–Trinajstić information content (AvgIpc) is 2.64. The lowest BCUT2D eigenvalue weighted by atomic mass is 10.1. The van der Waals surface area contributed by atoms with Crippen LogP contribution in [0.15, 0.2) is 0 Å². The minimum absolute atomic E-state index is 0.109. The van der Waals surface area contributed by atoms with Gasteiger partial charge in [-0.15, -0.1) is 0 Å². The second-order valence-electron chi connectivity index (χ2n) is 6.44. The van der Waals surface area contributed by atoms with Gasteiger partial charge in [-0.3, -0.25) is 28.8 Å². The van der Waals surface area contributed by atoms with Crippen LogP contribution in [-0.4, -0.2) is 81.7 Å². The van der Waals surface area contributed by atoms with Crippen LogP contribution in [0.3, 0.4) is 0 Å². The second-order valence-corrected chi connectivity index (χ2v) is 6.44. The Morgan fingerprint density at radius 1 is 0.867 bits per heavy atom. The molecule has 0 saturated carbocycles. The Labute approximate surface area is 171 Å². The number of hydrogen-bond acceptors (Lipinski definition) is 8. The number of carboxylic acid groups (broad SMARTS) is 2. The van der Waals surface area contributed by atoms with Gasteiger partial charge < -0.3 is 42.7 Å². The van der Waals surface area contributed by atoms with Gasteiger partial charge in [-0.2, -0.15) is 0 Å². The smallest absolute Gasteiger partial charge is 0.322 e. The van der Waals surface area contributed by atoms with E-state index >= 15 is 0 Å². The predicted octanol–water partition coefficient (Wildman–Crippen LogP) is -4.00. The summed E-state index contributed by atoms with van der Waals surface area (Å²) in [6.07, 6.45) is -2.61. The Bertz CT molecular complexity index is 667. The van der Waals surface area contributed by atoms with Crippen LogP contribution in [0.25, 0.3) is 0 Å². The first-order valence-electron chi connectivity index (χ1n) is 8.89. The van der Waals surface area contributed by atoms with E-state index < -0.39 is 72.8 Å². The molecule has 4 amide bonds. The summed E-state index contributed by atoms with van der Waals surface area (Å²) in [7, 11) is 0. The molecular formula is C16H27N5O9. The van der Waals surface area contributed by atoms with Gasteiger partial charge in [0.25, 0.3) is 0 Å². The van der Waals surface area contributed by atoms with Crippen molar-refractivity contribution in [2.24, 2.45) is 11.5 Å². The largest absolute Gasteiger partial charge is 0.481 e. The maximum absolute atomic E-state index is 12.5. The van der Waals surface area contributed by atoms with Crippen molar-refractivity contribution >= 4 is 35.6 Å². The van der Waals surface area contributed by atoms with Crippen LogP contribution >= 0.6 is 0 Å². The van der Waals surface area contributed by atoms with Gasteiger partial charge in [-0.1, -0.05) is 0 Å². The van der Waals surface area contributed by atoms with Gasteiger partial charge in [-0.05, 0) is 19.8 Å². The number of nitrogens with one attached hydrogen (secondary N) is 3. The number of carbonyl (C=O) groups is 6. The van der Waals surface area contributed by atoms with E-state index in [1.54, 1.807) is 0 Å². The number of carbonyl (C=O) groups excluding carboxylic acids is 4. The first-order chi connectivity index (χ1) is 13.8. The second kappa shape index (κ2) is 13.1. The third-order valence-corrected chi connectivity index (χ3v) is 3.79. The summed E-state index contributed by atoms with van der Waals surface area (Å²) in [5.41, 5.74) is 10.6. The van der Waals surface area contributed by atoms with Crippen molar-refractivity contribution in [2.45, 2.75) is 56.8 Å². The number of hydrogen-bond donors (Lipinski definition) is 8. The third-order valence-electron chi connectivity index (χ3n) is 3.79. The molecule has 0 aliphatic carbocycles. The van der Waals surface area contributed by atoms with E-state index in [0.717, 1.165) is 6.92 Å². The van der Waals surface area contributed by atoms with Crippen molar-refractivity contribution in [1.29, 1.82) is 0 Å². The van der Waals surface area contributed by atoms with Crippen LogP contribution < -0.4 is 27.4 Å². The van der Waals surface area contributed by atoms with Gasteiger partial charge in [0.1, 0.15) is 18.6 Å². The van der Waals surface area contributed by atoms with Gasteiger partial charge in [0.05, 0.1) is 12.1 Å². The molecule has 0 saturated heterocycles. The molecule has 0 radical (unpaired) electrons. The van der Waals surface area contributed by atoms with Crippen LogP contribution in [0.5, 0.6) is 0 Å². The summed E-state index contributed by atoms with van der Waals surface area (Å²) < 4.78 is 0. The molecule has 0 aliphatic rings. The molecule has 0 bridgehead atoms. The Morgan fingerprint density at radius 3 is 1.93 bits per heavy atom. The lowest BCUT2D eigenvalue weighted by Crippen LogP contribution is -2.58. The first-order valence-corrected chi connectivity index (χ1v) is 8.89. The summed E-state index contributed by atoms with van der Waals surface area (Å²) >= 11 is 0. The standard InChI is InChI=1S/C16H27N5O9/c1-7(22)13(16(30)19-6-12(26)27)21-15(29)9(3-5-11(24)25)20-14(28)8(17)2-4-10(18)23/h7-9,13,22H,2-6,17H2,1H3,(H2,18,23)(H,19,30)(H,20,28)(H,21,29)(H,24,25)(H,26,27). The Balaban J connectivity index is 5.23. The molecule has 0 heterocycles. The molecule has 0 aliphatic heterocycles. The quantitative estimate of drug-likeness (QED) is 0.132. The van der Waals surface area contributed by atoms with E-state index in [1.165, 1.54) is 0 Å². The van der Waals surface area contributed by atoms with Gasteiger partial charge in [0.2, 0.25) is 23.6 Å². The van der Waals surface area contributed by atoms with E-state index in [9.17, 15) is 33.9 Å². The molecule has 0 rings (SSSR count). The molecule has 170 valence electrons. The summed E-state index contributed by atoms with van der Waals surface area (Å²) in [4.78, 5) is 68.8. The molecule has 0 spiro atoms. The molecule has 30 heavy (non-hydrogen) atoms. The highest BCUT2D eigenvalue weighted by Crippen LogP contribution is 2.03. The van der Waals surface area contributed by atoms with E-state index in [2.05, 4.69) is 10.6 Å². The van der Waals surface area contributed by atoms with E-state index in [4.69, 9.17) is 21.7 Å². The number of aliphatic carboxylic acids is 2. The zero-order chi connectivity index (χ0) is 23.4. The molecule has 10 N–H and O–H groups in total. The van der Waals surface area contributed by atoms with Crippen LogP contribution in [0, 0.1) is 0 Å². The predicted molar refractivity (Wildman–Crippen MR) is 99.5 cm³/mol. The Kier molecular flexibility index (Phi) is 11.6. The number of rotatable bonds is 14. The SMILES string of the molecule is CC(O)C(NC(=O)C(CCC(=O)O)NC(=O)C(N)CCC(N)=O)C(=O)NCC(=O)O. The number of primary amides is 1. The van der Waals surface area contributed by atoms with Crippen LogP contribution in [0.1, 0.15) is 32.6 Å². The van der Waals surface area contributed by atoms with E-state index in [1.807, 2.05) is 5.32 Å². The highest BCUT2D eigenvalue weighted by molar-refractivity contribution is 5.94. The Morgan fingerprint density at radius 2 is 1.47 bits per heavy atom. The van der Waals surface area contributed by atoms with Crippen LogP contribution in [0.2, 0.25) is 0 Å². The van der Waals surface area contributed by atoms with Gasteiger partial charge in [0.15, 0.2) is 0 Å². The molecule has 14 heteroatoms. The van der Waals surface area contributed by atoms with Crippen molar-refractivity contribution < 1.29 is 44.1 Å². The van der Waals surface area contributed by atoms with Gasteiger partial charge in [0, 0.05) is 12.8 Å². The van der Waals surface area contributed by atoms with Crippen LogP contribution in [0.4, 0.5) is 0 Å². The molecule has 0 aromatic rings. The maximum Gasteiger partial charge on any atom is 0.322 e. The highest BCUT2D eigenvalue weighted by Gasteiger charge is 2.31. The minimum Gasteiger partial charge on any atom is -0.481 e. The lowest BCUT2D eigenvalue weighted by Gasteiger charge is -2.25. The summed E-state index contributed by atoms with van der Waals surface area (Å²) in [6.45, 7) is 0.404. The fraction of sp³-hybridized carbons (Fsp3) is 0.625. The van der Waals surface area contributed by atoms with Crippen LogP contribution in [-0.2, 0) is 28.8 Å². The molecular weight excluding hydrogens is 406 g/mol. The monoisotopic (exact) mass is 433 g/mol. The minimum atomic E-state index is -1.57. The number of amides is 4. The fourth-order valence-corrected chi connectivity index (χ4v) is 2.18. The van der Waals surface area contributed by atoms with E-state index in [0.29, 0.717) is 0 Å². The highest BCUT2D eigenvalue weighted by atomic mass is 16.4. The molecule has 0 aromatic carbocycles. The van der Waals surface area contributed by atoms with Crippen molar-refractivity contribution in [3.05, 3.63) is 0 Å². The molecule has 14 nitrogen and oxygen atoms in total. The van der Waals surface area contributed by atoms with E-state index in [-0.39, 0.29) is 19.3 Å². The summed E-state index contributed by atoms with van der Waals surface area (Å²) in [5.74, 6) is -6.15. The maximum atomic E-state index is 12.5. The summed E-state index contributed by atoms with van der Waals surface area (Å²) in [5, 5.41) is 33.5. The van der Waals surface area contributed by atoms with Crippen molar-refractivity contribution in [3.8, 4) is 0 Å². The molecule has 4 atom stereocenters. The Hall–Kier alpha value is -3.26. The van der Waals surface area contributed by atoms with Crippen molar-refractivity contribution in [3.63, 3.8) is 0 Å². The number of carboxylic acids is 2. The zero-order valence-electron chi connectivity index (χ0n) is 16.3. The lowest BCUT2D eigenvalue weighted by molar-refractivity contribution is -0.139. The molecule has 4 unspecified atom stereocenters. The third kappa shape index (κ3) is 10.9. The van der Waals surface area contributed by atoms with Gasteiger partial charge >= 0.3 is 11.9 Å². The van der Waals surface area contributed by atoms with Gasteiger partial charge in [-0.25, -0.2) is 0 Å². The topological polar surface area (TPSA) is 251 Å². The number of aliphatic hydroxyl groups is 1. The normalized spacial score (nSPS) is 14.5. The summed E-state index contributed by atoms with van der Waals surface area (Å²) in [6, 6.07) is -4.20. The average molecular weight is 433 g/mol. The number of aliphatic hydroxyl groups excluding tert-OH is 1. The first kappa shape index (κ1) is 26.7. The molecule has 0 aromatic heterocycles.